The highest BCUT2D eigenvalue weighted by Crippen LogP contribution is 2.15. The first kappa shape index (κ1) is 15.7. The van der Waals surface area contributed by atoms with Crippen LogP contribution < -0.4 is 10.6 Å². The third-order valence-corrected chi connectivity index (χ3v) is 3.62. The number of thiazole rings is 1. The van der Waals surface area contributed by atoms with Crippen LogP contribution in [0.3, 0.4) is 0 Å². The van der Waals surface area contributed by atoms with E-state index in [1.54, 1.807) is 11.3 Å². The lowest BCUT2D eigenvalue weighted by Gasteiger charge is -2.10. The molecule has 0 atom stereocenters. The second-order valence-corrected chi connectivity index (χ2v) is 5.40. The van der Waals surface area contributed by atoms with Crippen LogP contribution in [0, 0.1) is 6.92 Å². The van der Waals surface area contributed by atoms with Gasteiger partial charge in [0.2, 0.25) is 0 Å². The maximum absolute atomic E-state index is 5.38. The predicted octanol–water partition coefficient (Wildman–Crippen LogP) is 2.82. The molecule has 6 nitrogen and oxygen atoms in total. The first-order valence-corrected chi connectivity index (χ1v) is 7.93. The van der Waals surface area contributed by atoms with Crippen molar-refractivity contribution in [1.82, 2.24) is 15.0 Å². The summed E-state index contributed by atoms with van der Waals surface area (Å²) in [5.41, 5.74) is 1.05. The molecule has 7 heteroatoms. The zero-order valence-corrected chi connectivity index (χ0v) is 13.5. The van der Waals surface area contributed by atoms with Gasteiger partial charge in [0.1, 0.15) is 23.3 Å². The van der Waals surface area contributed by atoms with Crippen molar-refractivity contribution in [2.45, 2.75) is 33.9 Å². The van der Waals surface area contributed by atoms with Crippen LogP contribution in [0.15, 0.2) is 11.4 Å². The molecule has 2 heterocycles. The van der Waals surface area contributed by atoms with Crippen LogP contribution in [0.25, 0.3) is 0 Å². The molecule has 0 radical (unpaired) electrons. The summed E-state index contributed by atoms with van der Waals surface area (Å²) in [6, 6.07) is 1.90. The Labute approximate surface area is 129 Å². The fourth-order valence-corrected chi connectivity index (χ4v) is 2.48. The van der Waals surface area contributed by atoms with Crippen LogP contribution >= 0.6 is 11.3 Å². The summed E-state index contributed by atoms with van der Waals surface area (Å²) in [6.07, 6.45) is 0. The van der Waals surface area contributed by atoms with Crippen molar-refractivity contribution in [3.05, 3.63) is 28.0 Å². The van der Waals surface area contributed by atoms with Gasteiger partial charge < -0.3 is 15.4 Å². The molecular formula is C14H21N5OS. The third-order valence-electron chi connectivity index (χ3n) is 2.65. The minimum absolute atomic E-state index is 0.417. The van der Waals surface area contributed by atoms with Gasteiger partial charge in [0, 0.05) is 30.3 Å². The smallest absolute Gasteiger partial charge is 0.158 e. The van der Waals surface area contributed by atoms with Gasteiger partial charge in [0.15, 0.2) is 5.82 Å². The third kappa shape index (κ3) is 4.95. The minimum Gasteiger partial charge on any atom is -0.374 e. The van der Waals surface area contributed by atoms with E-state index in [9.17, 15) is 0 Å². The molecule has 2 rings (SSSR count). The zero-order valence-electron chi connectivity index (χ0n) is 12.6. The lowest BCUT2D eigenvalue weighted by Crippen LogP contribution is -2.09. The molecule has 2 aromatic heterocycles. The van der Waals surface area contributed by atoms with E-state index in [4.69, 9.17) is 4.74 Å². The number of anilines is 2. The van der Waals surface area contributed by atoms with Crippen molar-refractivity contribution in [3.8, 4) is 0 Å². The van der Waals surface area contributed by atoms with E-state index < -0.39 is 0 Å². The minimum atomic E-state index is 0.417. The van der Waals surface area contributed by atoms with Crippen molar-refractivity contribution in [3.63, 3.8) is 0 Å². The fraction of sp³-hybridized carbons (Fsp3) is 0.500. The van der Waals surface area contributed by atoms with Crippen molar-refractivity contribution in [1.29, 1.82) is 0 Å². The predicted molar refractivity (Wildman–Crippen MR) is 85.7 cm³/mol. The Morgan fingerprint density at radius 2 is 1.90 bits per heavy atom. The molecule has 114 valence electrons. The van der Waals surface area contributed by atoms with Gasteiger partial charge in [-0.15, -0.1) is 11.3 Å². The SMILES string of the molecule is CCNc1cc(NCc2nc(C)cs2)nc(COCC)n1. The van der Waals surface area contributed by atoms with Gasteiger partial charge in [-0.1, -0.05) is 0 Å². The molecule has 0 saturated heterocycles. The van der Waals surface area contributed by atoms with E-state index in [-0.39, 0.29) is 0 Å². The fourth-order valence-electron chi connectivity index (χ4n) is 1.77. The molecule has 0 saturated carbocycles. The van der Waals surface area contributed by atoms with Gasteiger partial charge in [0.05, 0.1) is 6.54 Å². The maximum atomic E-state index is 5.38. The molecule has 0 spiro atoms. The molecule has 2 aromatic rings. The topological polar surface area (TPSA) is 72.0 Å². The highest BCUT2D eigenvalue weighted by Gasteiger charge is 2.05. The van der Waals surface area contributed by atoms with Crippen LogP contribution in [0.4, 0.5) is 11.6 Å². The van der Waals surface area contributed by atoms with E-state index in [1.165, 1.54) is 0 Å². The van der Waals surface area contributed by atoms with Gasteiger partial charge in [0.25, 0.3) is 0 Å². The number of aryl methyl sites for hydroxylation is 1. The van der Waals surface area contributed by atoms with Crippen LogP contribution in [0.1, 0.15) is 30.4 Å². The molecule has 0 amide bonds. The second-order valence-electron chi connectivity index (χ2n) is 4.46. The Morgan fingerprint density at radius 3 is 2.52 bits per heavy atom. The molecule has 0 bridgehead atoms. The molecule has 2 N–H and O–H groups in total. The summed E-state index contributed by atoms with van der Waals surface area (Å²) in [4.78, 5) is 13.3. The van der Waals surface area contributed by atoms with E-state index in [2.05, 4.69) is 25.6 Å². The summed E-state index contributed by atoms with van der Waals surface area (Å²) in [5, 5.41) is 9.59. The van der Waals surface area contributed by atoms with Crippen molar-refractivity contribution in [2.75, 3.05) is 23.8 Å². The van der Waals surface area contributed by atoms with Gasteiger partial charge in [-0.25, -0.2) is 15.0 Å². The summed E-state index contributed by atoms with van der Waals surface area (Å²) < 4.78 is 5.38. The van der Waals surface area contributed by atoms with Crippen LogP contribution in [0.5, 0.6) is 0 Å². The van der Waals surface area contributed by atoms with Crippen molar-refractivity contribution in [2.24, 2.45) is 0 Å². The lowest BCUT2D eigenvalue weighted by molar-refractivity contribution is 0.128. The number of hydrogen-bond donors (Lipinski definition) is 2. The summed E-state index contributed by atoms with van der Waals surface area (Å²) in [7, 11) is 0. The molecule has 21 heavy (non-hydrogen) atoms. The lowest BCUT2D eigenvalue weighted by atomic mass is 10.4. The molecule has 0 aromatic carbocycles. The quantitative estimate of drug-likeness (QED) is 0.781. The molecule has 0 unspecified atom stereocenters. The largest absolute Gasteiger partial charge is 0.374 e. The Kier molecular flexibility index (Phi) is 5.89. The van der Waals surface area contributed by atoms with Crippen LogP contribution in [0.2, 0.25) is 0 Å². The molecular weight excluding hydrogens is 286 g/mol. The summed E-state index contributed by atoms with van der Waals surface area (Å²) in [6.45, 7) is 8.53. The monoisotopic (exact) mass is 307 g/mol. The second kappa shape index (κ2) is 7.90. The average Bonchev–Trinajstić information content (AvgIpc) is 2.89. The number of nitrogens with zero attached hydrogens (tertiary/aromatic N) is 3. The first-order chi connectivity index (χ1) is 10.2. The van der Waals surface area contributed by atoms with Crippen molar-refractivity contribution >= 4 is 23.0 Å². The molecule has 0 aliphatic rings. The summed E-state index contributed by atoms with van der Waals surface area (Å²) in [5.74, 6) is 2.26. The summed E-state index contributed by atoms with van der Waals surface area (Å²) >= 11 is 1.64. The van der Waals surface area contributed by atoms with E-state index >= 15 is 0 Å². The van der Waals surface area contributed by atoms with Gasteiger partial charge >= 0.3 is 0 Å². The zero-order chi connectivity index (χ0) is 15.1. The molecule has 0 fully saturated rings. The van der Waals surface area contributed by atoms with E-state index in [1.807, 2.05) is 32.2 Å². The Morgan fingerprint density at radius 1 is 1.14 bits per heavy atom. The van der Waals surface area contributed by atoms with Gasteiger partial charge in [-0.2, -0.15) is 0 Å². The van der Waals surface area contributed by atoms with Crippen LogP contribution in [-0.4, -0.2) is 28.1 Å². The standard InChI is InChI=1S/C14H21N5OS/c1-4-15-11-6-12(19-13(18-11)8-20-5-2)16-7-14-17-10(3)9-21-14/h6,9H,4-5,7-8H2,1-3H3,(H2,15,16,18,19). The van der Waals surface area contributed by atoms with Gasteiger partial charge in [-0.3, -0.25) is 0 Å². The number of ether oxygens (including phenoxy) is 1. The van der Waals surface area contributed by atoms with Crippen LogP contribution in [-0.2, 0) is 17.9 Å². The van der Waals surface area contributed by atoms with E-state index in [0.717, 1.165) is 28.9 Å². The molecule has 0 aliphatic heterocycles. The average molecular weight is 307 g/mol. The number of rotatable bonds is 8. The van der Waals surface area contributed by atoms with Crippen molar-refractivity contribution < 1.29 is 4.74 Å². The maximum Gasteiger partial charge on any atom is 0.158 e. The highest BCUT2D eigenvalue weighted by atomic mass is 32.1. The number of aromatic nitrogens is 3. The normalized spacial score (nSPS) is 10.6. The highest BCUT2D eigenvalue weighted by molar-refractivity contribution is 7.09. The first-order valence-electron chi connectivity index (χ1n) is 7.05. The Hall–Kier alpha value is -1.73. The Balaban J connectivity index is 2.07. The molecule has 0 aliphatic carbocycles. The van der Waals surface area contributed by atoms with E-state index in [0.29, 0.717) is 25.6 Å². The number of hydrogen-bond acceptors (Lipinski definition) is 7. The Bertz CT molecular complexity index is 572. The number of nitrogens with one attached hydrogen (secondary N) is 2. The van der Waals surface area contributed by atoms with Gasteiger partial charge in [-0.05, 0) is 20.8 Å².